The van der Waals surface area contributed by atoms with Crippen molar-refractivity contribution >= 4 is 25.4 Å². The van der Waals surface area contributed by atoms with E-state index in [1.165, 1.54) is 0 Å². The van der Waals surface area contributed by atoms with E-state index >= 15 is 0 Å². The molecule has 5 heteroatoms. The van der Waals surface area contributed by atoms with Crippen LogP contribution in [0.4, 0.5) is 14.5 Å². The van der Waals surface area contributed by atoms with Gasteiger partial charge in [0.1, 0.15) is 5.69 Å². The smallest absolute Gasteiger partial charge is 0.150 e. The first-order valence-electron chi connectivity index (χ1n) is 4.68. The first-order chi connectivity index (χ1) is 6.79. The van der Waals surface area contributed by atoms with Crippen molar-refractivity contribution in [3.05, 3.63) is 28.8 Å². The van der Waals surface area contributed by atoms with Gasteiger partial charge >= 0.3 is 0 Å². The molecular formula is C10H14ClF2NSi. The molecule has 0 radical (unpaired) electrons. The summed E-state index contributed by atoms with van der Waals surface area (Å²) in [6.45, 7) is 6.35. The molecule has 0 saturated heterocycles. The summed E-state index contributed by atoms with van der Waals surface area (Å²) in [5.74, 6) is -1.28. The van der Waals surface area contributed by atoms with Crippen molar-refractivity contribution in [2.24, 2.45) is 0 Å². The van der Waals surface area contributed by atoms with Crippen molar-refractivity contribution in [3.63, 3.8) is 0 Å². The summed E-state index contributed by atoms with van der Waals surface area (Å²) < 4.78 is 26.6. The van der Waals surface area contributed by atoms with Crippen LogP contribution < -0.4 is 5.32 Å². The van der Waals surface area contributed by atoms with E-state index in [1.54, 1.807) is 0 Å². The molecule has 0 bridgehead atoms. The average molecular weight is 250 g/mol. The van der Waals surface area contributed by atoms with Gasteiger partial charge in [-0.3, -0.25) is 0 Å². The van der Waals surface area contributed by atoms with E-state index in [0.29, 0.717) is 6.17 Å². The second-order valence-corrected chi connectivity index (χ2v) is 10.6. The third-order valence-corrected chi connectivity index (χ3v) is 3.26. The Morgan fingerprint density at radius 2 is 1.67 bits per heavy atom. The van der Waals surface area contributed by atoms with Gasteiger partial charge in [0.15, 0.2) is 11.6 Å². The van der Waals surface area contributed by atoms with E-state index in [1.807, 2.05) is 0 Å². The molecule has 1 rings (SSSR count). The average Bonchev–Trinajstić information content (AvgIpc) is 1.99. The zero-order valence-corrected chi connectivity index (χ0v) is 10.8. The highest BCUT2D eigenvalue weighted by atomic mass is 35.5. The topological polar surface area (TPSA) is 12.0 Å². The molecule has 1 N–H and O–H groups in total. The van der Waals surface area contributed by atoms with Gasteiger partial charge in [-0.1, -0.05) is 31.2 Å². The third-order valence-electron chi connectivity index (χ3n) is 1.80. The van der Waals surface area contributed by atoms with Gasteiger partial charge in [0, 0.05) is 11.2 Å². The molecule has 84 valence electrons. The van der Waals surface area contributed by atoms with Crippen LogP contribution in [0.15, 0.2) is 12.1 Å². The van der Waals surface area contributed by atoms with E-state index in [-0.39, 0.29) is 10.7 Å². The number of nitrogens with one attached hydrogen (secondary N) is 1. The number of rotatable bonds is 3. The summed E-state index contributed by atoms with van der Waals surface area (Å²) in [5.41, 5.74) is -0.0816. The molecule has 0 aliphatic carbocycles. The maximum Gasteiger partial charge on any atom is 0.150 e. The highest BCUT2D eigenvalue weighted by molar-refractivity contribution is 6.76. The molecule has 0 spiro atoms. The number of hydrogen-bond donors (Lipinski definition) is 1. The summed E-state index contributed by atoms with van der Waals surface area (Å²) in [5, 5.41) is 2.87. The molecule has 15 heavy (non-hydrogen) atoms. The molecule has 1 nitrogen and oxygen atoms in total. The number of halogens is 3. The van der Waals surface area contributed by atoms with E-state index in [4.69, 9.17) is 11.6 Å². The molecule has 1 aromatic carbocycles. The second-order valence-electron chi connectivity index (χ2n) is 4.66. The molecule has 0 heterocycles. The third kappa shape index (κ3) is 3.79. The normalized spacial score (nSPS) is 11.6. The fourth-order valence-corrected chi connectivity index (χ4v) is 1.96. The lowest BCUT2D eigenvalue weighted by molar-refractivity contribution is 0.589. The van der Waals surface area contributed by atoms with Crippen molar-refractivity contribution in [1.82, 2.24) is 0 Å². The standard InChI is InChI=1S/C10H14ClF2NSi/c1-15(2,3)6-14-10-8(12)4-7(11)5-9(10)13/h4-5,14H,6H2,1-3H3. The van der Waals surface area contributed by atoms with Crippen molar-refractivity contribution in [1.29, 1.82) is 0 Å². The molecule has 0 atom stereocenters. The largest absolute Gasteiger partial charge is 0.383 e. The fourth-order valence-electron chi connectivity index (χ4n) is 1.06. The predicted molar refractivity (Wildman–Crippen MR) is 63.2 cm³/mol. The van der Waals surface area contributed by atoms with Crippen LogP contribution in [0.3, 0.4) is 0 Å². The monoisotopic (exact) mass is 249 g/mol. The molecular weight excluding hydrogens is 236 g/mol. The molecule has 0 amide bonds. The molecule has 1 aromatic rings. The van der Waals surface area contributed by atoms with Gasteiger partial charge in [-0.05, 0) is 12.1 Å². The summed E-state index contributed by atoms with van der Waals surface area (Å²) in [6, 6.07) is 2.22. The minimum absolute atomic E-state index is 0.0727. The molecule has 0 saturated carbocycles. The summed E-state index contributed by atoms with van der Waals surface area (Å²) >= 11 is 5.51. The van der Waals surface area contributed by atoms with Crippen molar-refractivity contribution in [2.75, 3.05) is 11.5 Å². The van der Waals surface area contributed by atoms with E-state index < -0.39 is 19.7 Å². The first-order valence-corrected chi connectivity index (χ1v) is 8.76. The maximum absolute atomic E-state index is 13.3. The summed E-state index contributed by atoms with van der Waals surface area (Å²) in [4.78, 5) is 0. The van der Waals surface area contributed by atoms with Crippen molar-refractivity contribution < 1.29 is 8.78 Å². The van der Waals surface area contributed by atoms with Crippen molar-refractivity contribution in [3.8, 4) is 0 Å². The van der Waals surface area contributed by atoms with Crippen LogP contribution in [0.25, 0.3) is 0 Å². The summed E-state index contributed by atoms with van der Waals surface area (Å²) in [7, 11) is -1.38. The van der Waals surface area contributed by atoms with Gasteiger partial charge in [-0.15, -0.1) is 0 Å². The Kier molecular flexibility index (Phi) is 3.73. The van der Waals surface area contributed by atoms with Gasteiger partial charge in [0.05, 0.1) is 8.07 Å². The molecule has 0 fully saturated rings. The quantitative estimate of drug-likeness (QED) is 0.801. The molecule has 0 aliphatic heterocycles. The lowest BCUT2D eigenvalue weighted by Gasteiger charge is -2.18. The Bertz CT molecular complexity index is 340. The van der Waals surface area contributed by atoms with Gasteiger partial charge in [-0.25, -0.2) is 8.78 Å². The van der Waals surface area contributed by atoms with Crippen LogP contribution in [0, 0.1) is 11.6 Å². The van der Waals surface area contributed by atoms with Crippen molar-refractivity contribution in [2.45, 2.75) is 19.6 Å². The maximum atomic E-state index is 13.3. The SMILES string of the molecule is C[Si](C)(C)CNc1c(F)cc(Cl)cc1F. The van der Waals surface area contributed by atoms with Gasteiger partial charge < -0.3 is 5.32 Å². The first kappa shape index (κ1) is 12.5. The predicted octanol–water partition coefficient (Wildman–Crippen LogP) is 3.91. The van der Waals surface area contributed by atoms with E-state index in [0.717, 1.165) is 12.1 Å². The Labute approximate surface area is 94.5 Å². The lowest BCUT2D eigenvalue weighted by Crippen LogP contribution is -2.31. The van der Waals surface area contributed by atoms with Crippen LogP contribution in [0.2, 0.25) is 24.7 Å². The number of hydrogen-bond acceptors (Lipinski definition) is 1. The minimum Gasteiger partial charge on any atom is -0.383 e. The fraction of sp³-hybridized carbons (Fsp3) is 0.400. The van der Waals surface area contributed by atoms with E-state index in [9.17, 15) is 8.78 Å². The van der Waals surface area contributed by atoms with Crippen LogP contribution in [0.5, 0.6) is 0 Å². The van der Waals surface area contributed by atoms with Gasteiger partial charge in [0.2, 0.25) is 0 Å². The second kappa shape index (κ2) is 4.49. The van der Waals surface area contributed by atoms with E-state index in [2.05, 4.69) is 25.0 Å². The van der Waals surface area contributed by atoms with Gasteiger partial charge in [0.25, 0.3) is 0 Å². The highest BCUT2D eigenvalue weighted by Crippen LogP contribution is 2.23. The van der Waals surface area contributed by atoms with Crippen LogP contribution in [-0.2, 0) is 0 Å². The van der Waals surface area contributed by atoms with Crippen LogP contribution in [-0.4, -0.2) is 14.2 Å². The Balaban J connectivity index is 2.86. The Hall–Kier alpha value is -0.613. The minimum atomic E-state index is -1.38. The Morgan fingerprint density at radius 1 is 1.20 bits per heavy atom. The highest BCUT2D eigenvalue weighted by Gasteiger charge is 2.16. The molecule has 0 aromatic heterocycles. The molecule has 0 unspecified atom stereocenters. The molecule has 0 aliphatic rings. The zero-order chi connectivity index (χ0) is 11.6. The van der Waals surface area contributed by atoms with Gasteiger partial charge in [-0.2, -0.15) is 0 Å². The number of anilines is 1. The van der Waals surface area contributed by atoms with Crippen LogP contribution >= 0.6 is 11.6 Å². The van der Waals surface area contributed by atoms with Crippen LogP contribution in [0.1, 0.15) is 0 Å². The number of benzene rings is 1. The Morgan fingerprint density at radius 3 is 2.07 bits per heavy atom. The zero-order valence-electron chi connectivity index (χ0n) is 9.00. The summed E-state index contributed by atoms with van der Waals surface area (Å²) in [6.07, 6.45) is 0.627. The lowest BCUT2D eigenvalue weighted by atomic mass is 10.3.